The molecule has 0 aromatic heterocycles. The lowest BCUT2D eigenvalue weighted by atomic mass is 10.2. The van der Waals surface area contributed by atoms with Gasteiger partial charge in [0, 0.05) is 23.2 Å². The topological polar surface area (TPSA) is 80.3 Å². The average molecular weight is 418 g/mol. The summed E-state index contributed by atoms with van der Waals surface area (Å²) in [5.41, 5.74) is 0.347. The van der Waals surface area contributed by atoms with Crippen molar-refractivity contribution in [3.8, 4) is 0 Å². The maximum Gasteiger partial charge on any atom is 0.183 e. The average Bonchev–Trinajstić information content (AvgIpc) is 2.90. The first-order valence-corrected chi connectivity index (χ1v) is 11.6. The van der Waals surface area contributed by atoms with Gasteiger partial charge >= 0.3 is 0 Å². The van der Waals surface area contributed by atoms with Crippen LogP contribution in [0.2, 0.25) is 5.02 Å². The van der Waals surface area contributed by atoms with Gasteiger partial charge in [0.1, 0.15) is 5.82 Å². The fraction of sp³-hybridized carbons (Fsp3) is 0.294. The summed E-state index contributed by atoms with van der Waals surface area (Å²) in [6, 6.07) is 10.9. The van der Waals surface area contributed by atoms with Gasteiger partial charge in [0.05, 0.1) is 21.7 Å². The van der Waals surface area contributed by atoms with Crippen molar-refractivity contribution in [2.75, 3.05) is 11.5 Å². The number of hydrogen-bond donors (Lipinski definition) is 1. The number of nitrogens with one attached hydrogen (secondary N) is 1. The Labute approximate surface area is 157 Å². The lowest BCUT2D eigenvalue weighted by Gasteiger charge is -2.20. The van der Waals surface area contributed by atoms with Crippen LogP contribution in [0.25, 0.3) is 0 Å². The first-order chi connectivity index (χ1) is 12.2. The van der Waals surface area contributed by atoms with Gasteiger partial charge in [-0.1, -0.05) is 29.8 Å². The monoisotopic (exact) mass is 417 g/mol. The second kappa shape index (κ2) is 7.26. The summed E-state index contributed by atoms with van der Waals surface area (Å²) in [6.45, 7) is 0.0412. The molecule has 2 atom stereocenters. The van der Waals surface area contributed by atoms with Crippen LogP contribution in [0.4, 0.5) is 4.39 Å². The van der Waals surface area contributed by atoms with E-state index in [-0.39, 0.29) is 17.2 Å². The third-order valence-electron chi connectivity index (χ3n) is 4.35. The molecule has 140 valence electrons. The fourth-order valence-corrected chi connectivity index (χ4v) is 7.84. The fourth-order valence-electron chi connectivity index (χ4n) is 2.99. The summed E-state index contributed by atoms with van der Waals surface area (Å²) in [5, 5.41) is 2.16. The van der Waals surface area contributed by atoms with E-state index in [1.165, 1.54) is 30.3 Å². The molecule has 0 spiro atoms. The molecule has 3 rings (SSSR count). The normalized spacial score (nSPS) is 22.4. The van der Waals surface area contributed by atoms with E-state index < -0.39 is 42.5 Å². The Balaban J connectivity index is 1.86. The quantitative estimate of drug-likeness (QED) is 0.806. The SMILES string of the molecule is O=S1(=O)CC(NCc2ccccc2F)C(S(=O)(=O)c2ccc(Cl)cc2)C1. The maximum absolute atomic E-state index is 13.8. The minimum atomic E-state index is -3.88. The Bertz CT molecular complexity index is 1010. The van der Waals surface area contributed by atoms with Gasteiger partial charge in [0.2, 0.25) is 0 Å². The van der Waals surface area contributed by atoms with Gasteiger partial charge in [-0.25, -0.2) is 21.2 Å². The lowest BCUT2D eigenvalue weighted by molar-refractivity contribution is 0.515. The molecule has 26 heavy (non-hydrogen) atoms. The molecular weight excluding hydrogens is 401 g/mol. The highest BCUT2D eigenvalue weighted by Gasteiger charge is 2.45. The van der Waals surface area contributed by atoms with Crippen LogP contribution in [-0.4, -0.2) is 39.6 Å². The van der Waals surface area contributed by atoms with Crippen molar-refractivity contribution in [1.82, 2.24) is 5.32 Å². The molecule has 0 radical (unpaired) electrons. The van der Waals surface area contributed by atoms with Crippen LogP contribution in [-0.2, 0) is 26.2 Å². The Morgan fingerprint density at radius 1 is 1.08 bits per heavy atom. The highest BCUT2D eigenvalue weighted by molar-refractivity contribution is 7.96. The first-order valence-electron chi connectivity index (χ1n) is 7.86. The van der Waals surface area contributed by atoms with Crippen LogP contribution in [0, 0.1) is 5.82 Å². The Morgan fingerprint density at radius 3 is 2.38 bits per heavy atom. The van der Waals surface area contributed by atoms with E-state index in [2.05, 4.69) is 5.32 Å². The molecule has 2 unspecified atom stereocenters. The highest BCUT2D eigenvalue weighted by Crippen LogP contribution is 2.27. The van der Waals surface area contributed by atoms with E-state index in [1.54, 1.807) is 18.2 Å². The van der Waals surface area contributed by atoms with Gasteiger partial charge in [0.25, 0.3) is 0 Å². The van der Waals surface area contributed by atoms with E-state index in [9.17, 15) is 21.2 Å². The minimum absolute atomic E-state index is 0.0155. The Kier molecular flexibility index (Phi) is 5.39. The van der Waals surface area contributed by atoms with Crippen LogP contribution < -0.4 is 5.32 Å². The van der Waals surface area contributed by atoms with Crippen LogP contribution >= 0.6 is 11.6 Å². The number of halogens is 2. The van der Waals surface area contributed by atoms with Crippen molar-refractivity contribution in [3.63, 3.8) is 0 Å². The van der Waals surface area contributed by atoms with Crippen molar-refractivity contribution in [2.24, 2.45) is 0 Å². The van der Waals surface area contributed by atoms with E-state index in [0.29, 0.717) is 10.6 Å². The van der Waals surface area contributed by atoms with Gasteiger partial charge in [-0.05, 0) is 30.3 Å². The molecule has 9 heteroatoms. The predicted octanol–water partition coefficient (Wildman–Crippen LogP) is 2.21. The summed E-state index contributed by atoms with van der Waals surface area (Å²) in [6.07, 6.45) is 0. The predicted molar refractivity (Wildman–Crippen MR) is 98.1 cm³/mol. The first kappa shape index (κ1) is 19.3. The van der Waals surface area contributed by atoms with Crippen molar-refractivity contribution in [3.05, 3.63) is 64.9 Å². The van der Waals surface area contributed by atoms with Crippen molar-refractivity contribution >= 4 is 31.3 Å². The smallest absolute Gasteiger partial charge is 0.183 e. The zero-order valence-electron chi connectivity index (χ0n) is 13.6. The van der Waals surface area contributed by atoms with E-state index in [4.69, 9.17) is 11.6 Å². The molecule has 1 fully saturated rings. The maximum atomic E-state index is 13.8. The minimum Gasteiger partial charge on any atom is -0.307 e. The molecular formula is C17H17ClFNO4S2. The molecule has 5 nitrogen and oxygen atoms in total. The summed E-state index contributed by atoms with van der Waals surface area (Å²) in [5.74, 6) is -1.20. The highest BCUT2D eigenvalue weighted by atomic mass is 35.5. The van der Waals surface area contributed by atoms with Gasteiger partial charge < -0.3 is 5.32 Å². The largest absolute Gasteiger partial charge is 0.307 e. The summed E-state index contributed by atoms with van der Waals surface area (Å²) in [7, 11) is -7.40. The van der Waals surface area contributed by atoms with Gasteiger partial charge in [0.15, 0.2) is 19.7 Å². The van der Waals surface area contributed by atoms with Crippen molar-refractivity contribution in [2.45, 2.75) is 22.7 Å². The molecule has 0 aliphatic carbocycles. The second-order valence-electron chi connectivity index (χ2n) is 6.19. The molecule has 2 aromatic carbocycles. The third kappa shape index (κ3) is 4.09. The van der Waals surface area contributed by atoms with Crippen molar-refractivity contribution in [1.29, 1.82) is 0 Å². The Morgan fingerprint density at radius 2 is 1.73 bits per heavy atom. The van der Waals surface area contributed by atoms with E-state index in [1.807, 2.05) is 0 Å². The third-order valence-corrected chi connectivity index (χ3v) is 8.77. The van der Waals surface area contributed by atoms with Crippen LogP contribution in [0.5, 0.6) is 0 Å². The lowest BCUT2D eigenvalue weighted by Crippen LogP contribution is -2.43. The van der Waals surface area contributed by atoms with Crippen LogP contribution in [0.3, 0.4) is 0 Å². The molecule has 0 bridgehead atoms. The number of rotatable bonds is 5. The molecule has 1 N–H and O–H groups in total. The second-order valence-corrected chi connectivity index (χ2v) is 11.0. The molecule has 1 saturated heterocycles. The van der Waals surface area contributed by atoms with Gasteiger partial charge in [-0.3, -0.25) is 0 Å². The molecule has 1 heterocycles. The zero-order chi connectivity index (χ0) is 18.9. The van der Waals surface area contributed by atoms with Gasteiger partial charge in [-0.2, -0.15) is 0 Å². The molecule has 2 aromatic rings. The van der Waals surface area contributed by atoms with Gasteiger partial charge in [-0.15, -0.1) is 0 Å². The van der Waals surface area contributed by atoms with E-state index in [0.717, 1.165) is 0 Å². The van der Waals surface area contributed by atoms with Crippen LogP contribution in [0.1, 0.15) is 5.56 Å². The summed E-state index contributed by atoms with van der Waals surface area (Å²) < 4.78 is 63.7. The Hall–Kier alpha value is -1.48. The molecule has 0 amide bonds. The molecule has 1 aliphatic rings. The van der Waals surface area contributed by atoms with E-state index >= 15 is 0 Å². The standard InChI is InChI=1S/C17H17ClFNO4S2/c18-13-5-7-14(8-6-13)26(23,24)17-11-25(21,22)10-16(17)20-9-12-3-1-2-4-15(12)19/h1-8,16-17,20H,9-11H2. The van der Waals surface area contributed by atoms with Crippen molar-refractivity contribution < 1.29 is 21.2 Å². The number of benzene rings is 2. The van der Waals surface area contributed by atoms with Crippen LogP contribution in [0.15, 0.2) is 53.4 Å². The number of hydrogen-bond acceptors (Lipinski definition) is 5. The number of sulfone groups is 2. The zero-order valence-corrected chi connectivity index (χ0v) is 16.0. The molecule has 1 aliphatic heterocycles. The summed E-state index contributed by atoms with van der Waals surface area (Å²) >= 11 is 5.79. The molecule has 0 saturated carbocycles. The summed E-state index contributed by atoms with van der Waals surface area (Å²) in [4.78, 5) is 0.0155.